The SMILES string of the molecule is CCC(C#N)(CC)NC(=O)c1ccc(Cl)cc1OC. The van der Waals surface area contributed by atoms with Crippen LogP contribution in [-0.4, -0.2) is 18.6 Å². The molecule has 0 spiro atoms. The predicted molar refractivity (Wildman–Crippen MR) is 74.4 cm³/mol. The number of rotatable bonds is 5. The van der Waals surface area contributed by atoms with Crippen molar-refractivity contribution in [3.8, 4) is 11.8 Å². The van der Waals surface area contributed by atoms with Crippen molar-refractivity contribution in [2.45, 2.75) is 32.2 Å². The average molecular weight is 281 g/mol. The van der Waals surface area contributed by atoms with Crippen LogP contribution in [0.2, 0.25) is 5.02 Å². The van der Waals surface area contributed by atoms with E-state index in [2.05, 4.69) is 11.4 Å². The van der Waals surface area contributed by atoms with Gasteiger partial charge in [-0.2, -0.15) is 5.26 Å². The minimum Gasteiger partial charge on any atom is -0.496 e. The lowest BCUT2D eigenvalue weighted by molar-refractivity contribution is 0.0912. The van der Waals surface area contributed by atoms with Gasteiger partial charge in [-0.1, -0.05) is 25.4 Å². The number of nitrogens with zero attached hydrogens (tertiary/aromatic N) is 1. The number of hydrogen-bond acceptors (Lipinski definition) is 3. The number of carbonyl (C=O) groups excluding carboxylic acids is 1. The standard InChI is InChI=1S/C14H17ClN2O2/c1-4-14(5-2,9-16)17-13(18)11-7-6-10(15)8-12(11)19-3/h6-8H,4-5H2,1-3H3,(H,17,18). The van der Waals surface area contributed by atoms with Crippen LogP contribution in [0.15, 0.2) is 18.2 Å². The number of halogens is 1. The summed E-state index contributed by atoms with van der Waals surface area (Å²) in [7, 11) is 1.47. The molecule has 1 amide bonds. The number of carbonyl (C=O) groups is 1. The third-order valence-electron chi connectivity index (χ3n) is 3.18. The van der Waals surface area contributed by atoms with Gasteiger partial charge in [0.1, 0.15) is 11.3 Å². The van der Waals surface area contributed by atoms with E-state index in [-0.39, 0.29) is 5.91 Å². The Balaban J connectivity index is 3.05. The fourth-order valence-corrected chi connectivity index (χ4v) is 1.91. The second-order valence-corrected chi connectivity index (χ2v) is 4.64. The van der Waals surface area contributed by atoms with E-state index in [9.17, 15) is 10.1 Å². The van der Waals surface area contributed by atoms with Crippen LogP contribution in [0.5, 0.6) is 5.75 Å². The molecule has 1 rings (SSSR count). The zero-order chi connectivity index (χ0) is 14.5. The zero-order valence-electron chi connectivity index (χ0n) is 11.3. The largest absolute Gasteiger partial charge is 0.496 e. The molecule has 0 unspecified atom stereocenters. The van der Waals surface area contributed by atoms with Gasteiger partial charge < -0.3 is 10.1 Å². The van der Waals surface area contributed by atoms with Gasteiger partial charge in [0.25, 0.3) is 5.91 Å². The quantitative estimate of drug-likeness (QED) is 0.901. The Morgan fingerprint density at radius 2 is 2.11 bits per heavy atom. The summed E-state index contributed by atoms with van der Waals surface area (Å²) in [4.78, 5) is 12.2. The predicted octanol–water partition coefficient (Wildman–Crippen LogP) is 3.16. The van der Waals surface area contributed by atoms with E-state index >= 15 is 0 Å². The molecular weight excluding hydrogens is 264 g/mol. The molecule has 0 aromatic heterocycles. The summed E-state index contributed by atoms with van der Waals surface area (Å²) in [5.74, 6) is 0.0582. The Morgan fingerprint density at radius 1 is 1.47 bits per heavy atom. The first-order valence-corrected chi connectivity index (χ1v) is 6.47. The second-order valence-electron chi connectivity index (χ2n) is 4.20. The molecule has 4 nitrogen and oxygen atoms in total. The molecule has 0 aliphatic heterocycles. The highest BCUT2D eigenvalue weighted by Gasteiger charge is 2.29. The van der Waals surface area contributed by atoms with Crippen molar-refractivity contribution < 1.29 is 9.53 Å². The first-order chi connectivity index (χ1) is 9.01. The van der Waals surface area contributed by atoms with Gasteiger partial charge in [0.15, 0.2) is 0 Å². The van der Waals surface area contributed by atoms with Crippen molar-refractivity contribution in [2.75, 3.05) is 7.11 Å². The third kappa shape index (κ3) is 3.39. The number of methoxy groups -OCH3 is 1. The van der Waals surface area contributed by atoms with Gasteiger partial charge in [-0.3, -0.25) is 4.79 Å². The van der Waals surface area contributed by atoms with Gasteiger partial charge in [-0.25, -0.2) is 0 Å². The van der Waals surface area contributed by atoms with Crippen LogP contribution in [0.3, 0.4) is 0 Å². The molecule has 1 aromatic carbocycles. The molecule has 0 fully saturated rings. The van der Waals surface area contributed by atoms with Gasteiger partial charge in [-0.15, -0.1) is 0 Å². The van der Waals surface area contributed by atoms with Crippen LogP contribution in [-0.2, 0) is 0 Å². The summed E-state index contributed by atoms with van der Waals surface area (Å²) in [6.45, 7) is 3.73. The molecule has 5 heteroatoms. The smallest absolute Gasteiger partial charge is 0.256 e. The Labute approximate surface area is 118 Å². The topological polar surface area (TPSA) is 62.1 Å². The van der Waals surface area contributed by atoms with Crippen LogP contribution in [0.25, 0.3) is 0 Å². The molecule has 1 aromatic rings. The monoisotopic (exact) mass is 280 g/mol. The summed E-state index contributed by atoms with van der Waals surface area (Å²) >= 11 is 5.85. The number of ether oxygens (including phenoxy) is 1. The maximum absolute atomic E-state index is 12.2. The number of amides is 1. The van der Waals surface area contributed by atoms with Crippen molar-refractivity contribution in [1.82, 2.24) is 5.32 Å². The summed E-state index contributed by atoms with van der Waals surface area (Å²) in [6, 6.07) is 6.94. The molecule has 19 heavy (non-hydrogen) atoms. The van der Waals surface area contributed by atoms with Crippen molar-refractivity contribution in [3.63, 3.8) is 0 Å². The fraction of sp³-hybridized carbons (Fsp3) is 0.429. The molecule has 0 saturated carbocycles. The fourth-order valence-electron chi connectivity index (χ4n) is 1.75. The Hall–Kier alpha value is -1.73. The number of hydrogen-bond donors (Lipinski definition) is 1. The average Bonchev–Trinajstić information content (AvgIpc) is 2.44. The van der Waals surface area contributed by atoms with Gasteiger partial charge in [0.05, 0.1) is 18.7 Å². The van der Waals surface area contributed by atoms with Crippen molar-refractivity contribution in [3.05, 3.63) is 28.8 Å². The summed E-state index contributed by atoms with van der Waals surface area (Å²) in [5, 5.41) is 12.5. The van der Waals surface area contributed by atoms with E-state index in [4.69, 9.17) is 16.3 Å². The first-order valence-electron chi connectivity index (χ1n) is 6.09. The van der Waals surface area contributed by atoms with Crippen LogP contribution < -0.4 is 10.1 Å². The number of nitrogens with one attached hydrogen (secondary N) is 1. The van der Waals surface area contributed by atoms with Crippen molar-refractivity contribution >= 4 is 17.5 Å². The third-order valence-corrected chi connectivity index (χ3v) is 3.42. The summed E-state index contributed by atoms with van der Waals surface area (Å²) in [6.07, 6.45) is 1.09. The van der Waals surface area contributed by atoms with Gasteiger partial charge >= 0.3 is 0 Å². The molecule has 1 N–H and O–H groups in total. The zero-order valence-corrected chi connectivity index (χ0v) is 12.0. The maximum atomic E-state index is 12.2. The molecule has 0 atom stereocenters. The Kier molecular flexibility index (Phi) is 5.20. The van der Waals surface area contributed by atoms with Crippen molar-refractivity contribution in [2.24, 2.45) is 0 Å². The highest BCUT2D eigenvalue weighted by Crippen LogP contribution is 2.24. The van der Waals surface area contributed by atoms with E-state index in [1.54, 1.807) is 18.2 Å². The van der Waals surface area contributed by atoms with E-state index in [1.807, 2.05) is 13.8 Å². The van der Waals surface area contributed by atoms with Gasteiger partial charge in [0, 0.05) is 5.02 Å². The molecule has 0 heterocycles. The first kappa shape index (κ1) is 15.3. The molecule has 0 saturated heterocycles. The minimum atomic E-state index is -0.846. The highest BCUT2D eigenvalue weighted by atomic mass is 35.5. The number of benzene rings is 1. The lowest BCUT2D eigenvalue weighted by Crippen LogP contribution is -2.46. The minimum absolute atomic E-state index is 0.334. The summed E-state index contributed by atoms with van der Waals surface area (Å²) in [5.41, 5.74) is -0.477. The molecule has 0 aliphatic rings. The van der Waals surface area contributed by atoms with Crippen LogP contribution >= 0.6 is 11.6 Å². The van der Waals surface area contributed by atoms with E-state index in [1.165, 1.54) is 7.11 Å². The molecule has 0 radical (unpaired) electrons. The molecule has 0 bridgehead atoms. The van der Waals surface area contributed by atoms with Crippen LogP contribution in [0, 0.1) is 11.3 Å². The summed E-state index contributed by atoms with van der Waals surface area (Å²) < 4.78 is 5.13. The number of nitriles is 1. The van der Waals surface area contributed by atoms with E-state index in [0.29, 0.717) is 29.2 Å². The Bertz CT molecular complexity index is 505. The van der Waals surface area contributed by atoms with Gasteiger partial charge in [-0.05, 0) is 31.0 Å². The molecular formula is C14H17ClN2O2. The molecule has 0 aliphatic carbocycles. The lowest BCUT2D eigenvalue weighted by Gasteiger charge is -2.25. The van der Waals surface area contributed by atoms with E-state index in [0.717, 1.165) is 0 Å². The lowest BCUT2D eigenvalue weighted by atomic mass is 9.94. The Morgan fingerprint density at radius 3 is 2.58 bits per heavy atom. The van der Waals surface area contributed by atoms with E-state index < -0.39 is 5.54 Å². The van der Waals surface area contributed by atoms with Crippen LogP contribution in [0.4, 0.5) is 0 Å². The van der Waals surface area contributed by atoms with Crippen LogP contribution in [0.1, 0.15) is 37.0 Å². The normalized spacial score (nSPS) is 10.7. The second kappa shape index (κ2) is 6.44. The molecule has 102 valence electrons. The highest BCUT2D eigenvalue weighted by molar-refractivity contribution is 6.30. The van der Waals surface area contributed by atoms with Crippen molar-refractivity contribution in [1.29, 1.82) is 5.26 Å². The maximum Gasteiger partial charge on any atom is 0.256 e. The van der Waals surface area contributed by atoms with Gasteiger partial charge in [0.2, 0.25) is 0 Å².